The molecule has 0 heterocycles. The molecule has 0 fully saturated rings. The maximum absolute atomic E-state index is 10.6. The highest BCUT2D eigenvalue weighted by molar-refractivity contribution is 5.77. The van der Waals surface area contributed by atoms with Crippen molar-refractivity contribution in [2.45, 2.75) is 18.9 Å². The molecule has 1 atom stereocenters. The van der Waals surface area contributed by atoms with Gasteiger partial charge in [-0.25, -0.2) is 0 Å². The van der Waals surface area contributed by atoms with Gasteiger partial charge in [-0.1, -0.05) is 42.5 Å². The summed E-state index contributed by atoms with van der Waals surface area (Å²) in [4.78, 5) is 10.6. The number of carbonyl (C=O) groups excluding carboxylic acids is 1. The lowest BCUT2D eigenvalue weighted by Gasteiger charge is -2.07. The highest BCUT2D eigenvalue weighted by Gasteiger charge is 2.17. The highest BCUT2D eigenvalue weighted by Crippen LogP contribution is 2.36. The van der Waals surface area contributed by atoms with Crippen molar-refractivity contribution in [1.82, 2.24) is 0 Å². The van der Waals surface area contributed by atoms with E-state index in [1.165, 1.54) is 22.3 Å². The third-order valence-corrected chi connectivity index (χ3v) is 3.50. The van der Waals surface area contributed by atoms with E-state index in [1.807, 2.05) is 0 Å². The Bertz CT molecular complexity index is 604. The molecule has 1 unspecified atom stereocenters. The molecule has 0 saturated carbocycles. The van der Waals surface area contributed by atoms with Crippen molar-refractivity contribution < 1.29 is 4.79 Å². The fourth-order valence-corrected chi connectivity index (χ4v) is 2.65. The van der Waals surface area contributed by atoms with Crippen molar-refractivity contribution in [2.24, 2.45) is 5.73 Å². The van der Waals surface area contributed by atoms with Crippen molar-refractivity contribution >= 4 is 6.29 Å². The molecule has 90 valence electrons. The summed E-state index contributed by atoms with van der Waals surface area (Å²) in [6.45, 7) is 0. The van der Waals surface area contributed by atoms with Crippen LogP contribution in [-0.2, 0) is 17.6 Å². The summed E-state index contributed by atoms with van der Waals surface area (Å²) in [5.74, 6) is 0. The van der Waals surface area contributed by atoms with Crippen molar-refractivity contribution in [3.63, 3.8) is 0 Å². The number of hydrogen-bond donors (Lipinski definition) is 1. The van der Waals surface area contributed by atoms with E-state index in [9.17, 15) is 4.79 Å². The van der Waals surface area contributed by atoms with Gasteiger partial charge in [0.2, 0.25) is 0 Å². The van der Waals surface area contributed by atoms with E-state index >= 15 is 0 Å². The predicted molar refractivity (Wildman–Crippen MR) is 72.4 cm³/mol. The number of benzene rings is 2. The number of fused-ring (bicyclic) bond motifs is 3. The van der Waals surface area contributed by atoms with E-state index in [4.69, 9.17) is 5.73 Å². The molecule has 0 saturated heterocycles. The summed E-state index contributed by atoms with van der Waals surface area (Å²) in [5, 5.41) is 0. The lowest BCUT2D eigenvalue weighted by molar-refractivity contribution is -0.108. The summed E-state index contributed by atoms with van der Waals surface area (Å²) >= 11 is 0. The van der Waals surface area contributed by atoms with Gasteiger partial charge >= 0.3 is 0 Å². The summed E-state index contributed by atoms with van der Waals surface area (Å²) in [6, 6.07) is 14.5. The van der Waals surface area contributed by atoms with Gasteiger partial charge in [-0.15, -0.1) is 0 Å². The Morgan fingerprint density at radius 1 is 1.11 bits per heavy atom. The molecule has 0 radical (unpaired) electrons. The number of aldehydes is 1. The molecule has 2 aromatic carbocycles. The zero-order valence-corrected chi connectivity index (χ0v) is 10.1. The molecule has 1 aliphatic rings. The first-order chi connectivity index (χ1) is 8.78. The van der Waals surface area contributed by atoms with E-state index in [1.54, 1.807) is 0 Å². The van der Waals surface area contributed by atoms with Gasteiger partial charge in [-0.05, 0) is 40.7 Å². The molecule has 2 nitrogen and oxygen atoms in total. The van der Waals surface area contributed by atoms with Crippen LogP contribution in [-0.4, -0.2) is 12.3 Å². The molecule has 0 spiro atoms. The van der Waals surface area contributed by atoms with Gasteiger partial charge in [0.1, 0.15) is 6.29 Å². The first kappa shape index (κ1) is 11.2. The van der Waals surface area contributed by atoms with Crippen LogP contribution in [0.4, 0.5) is 0 Å². The van der Waals surface area contributed by atoms with Gasteiger partial charge in [-0.3, -0.25) is 0 Å². The van der Waals surface area contributed by atoms with Crippen molar-refractivity contribution in [2.75, 3.05) is 0 Å². The molecular weight excluding hydrogens is 222 g/mol. The Balaban J connectivity index is 1.96. The summed E-state index contributed by atoms with van der Waals surface area (Å²) < 4.78 is 0. The summed E-state index contributed by atoms with van der Waals surface area (Å²) in [7, 11) is 0. The first-order valence-corrected chi connectivity index (χ1v) is 6.19. The van der Waals surface area contributed by atoms with Crippen LogP contribution in [0.1, 0.15) is 16.7 Å². The second kappa shape index (κ2) is 4.39. The predicted octanol–water partition coefficient (Wildman–Crippen LogP) is 2.33. The summed E-state index contributed by atoms with van der Waals surface area (Å²) in [5.41, 5.74) is 12.2. The quantitative estimate of drug-likeness (QED) is 0.710. The minimum atomic E-state index is -0.396. The molecule has 3 rings (SSSR count). The number of rotatable bonds is 3. The molecule has 2 aromatic rings. The fraction of sp³-hybridized carbons (Fsp3) is 0.188. The number of nitrogens with two attached hydrogens (primary N) is 1. The normalized spacial score (nSPS) is 13.8. The third-order valence-electron chi connectivity index (χ3n) is 3.50. The molecule has 2 heteroatoms. The minimum absolute atomic E-state index is 0.396. The van der Waals surface area contributed by atoms with Crippen LogP contribution in [0.5, 0.6) is 0 Å². The van der Waals surface area contributed by atoms with Crippen LogP contribution < -0.4 is 5.73 Å². The Kier molecular flexibility index (Phi) is 2.73. The van der Waals surface area contributed by atoms with Gasteiger partial charge in [0.05, 0.1) is 6.04 Å². The zero-order chi connectivity index (χ0) is 12.5. The largest absolute Gasteiger partial charge is 0.321 e. The average Bonchev–Trinajstić information content (AvgIpc) is 2.76. The number of hydrogen-bond acceptors (Lipinski definition) is 2. The van der Waals surface area contributed by atoms with Crippen LogP contribution in [0.15, 0.2) is 42.5 Å². The molecule has 0 aliphatic heterocycles. The first-order valence-electron chi connectivity index (χ1n) is 6.19. The monoisotopic (exact) mass is 237 g/mol. The maximum Gasteiger partial charge on any atom is 0.137 e. The van der Waals surface area contributed by atoms with Crippen LogP contribution in [0.25, 0.3) is 11.1 Å². The minimum Gasteiger partial charge on any atom is -0.321 e. The Morgan fingerprint density at radius 2 is 1.89 bits per heavy atom. The van der Waals surface area contributed by atoms with Crippen LogP contribution in [0.2, 0.25) is 0 Å². The van der Waals surface area contributed by atoms with Gasteiger partial charge < -0.3 is 10.5 Å². The second-order valence-corrected chi connectivity index (χ2v) is 4.83. The van der Waals surface area contributed by atoms with Crippen LogP contribution in [0.3, 0.4) is 0 Å². The lowest BCUT2D eigenvalue weighted by Crippen LogP contribution is -2.24. The molecule has 1 aliphatic carbocycles. The standard InChI is InChI=1S/C16H15NO/c17-14(10-18)8-11-5-6-16-13(7-11)9-12-3-1-2-4-15(12)16/h1-7,10,14H,8-9,17H2. The molecule has 18 heavy (non-hydrogen) atoms. The van der Waals surface area contributed by atoms with Gasteiger partial charge in [-0.2, -0.15) is 0 Å². The Labute approximate surface area is 106 Å². The SMILES string of the molecule is NC(C=O)Cc1ccc2c(c1)Cc1ccccc1-2. The number of carbonyl (C=O) groups is 1. The Hall–Kier alpha value is -1.93. The maximum atomic E-state index is 10.6. The van der Waals surface area contributed by atoms with E-state index in [0.717, 1.165) is 18.3 Å². The smallest absolute Gasteiger partial charge is 0.137 e. The molecule has 0 amide bonds. The highest BCUT2D eigenvalue weighted by atomic mass is 16.1. The zero-order valence-electron chi connectivity index (χ0n) is 10.1. The molecular formula is C16H15NO. The van der Waals surface area contributed by atoms with Gasteiger partial charge in [0, 0.05) is 0 Å². The van der Waals surface area contributed by atoms with Crippen LogP contribution in [0, 0.1) is 0 Å². The van der Waals surface area contributed by atoms with E-state index in [2.05, 4.69) is 42.5 Å². The summed E-state index contributed by atoms with van der Waals surface area (Å²) in [6.07, 6.45) is 2.41. The van der Waals surface area contributed by atoms with Crippen LogP contribution >= 0.6 is 0 Å². The molecule has 0 bridgehead atoms. The van der Waals surface area contributed by atoms with Gasteiger partial charge in [0.15, 0.2) is 0 Å². The average molecular weight is 237 g/mol. The van der Waals surface area contributed by atoms with Crippen molar-refractivity contribution in [3.8, 4) is 11.1 Å². The van der Waals surface area contributed by atoms with E-state index in [-0.39, 0.29) is 0 Å². The fourth-order valence-electron chi connectivity index (χ4n) is 2.65. The van der Waals surface area contributed by atoms with E-state index < -0.39 is 6.04 Å². The van der Waals surface area contributed by atoms with E-state index in [0.29, 0.717) is 6.42 Å². The lowest BCUT2D eigenvalue weighted by atomic mass is 10.0. The van der Waals surface area contributed by atoms with Crippen molar-refractivity contribution in [3.05, 3.63) is 59.2 Å². The second-order valence-electron chi connectivity index (χ2n) is 4.83. The topological polar surface area (TPSA) is 43.1 Å². The Morgan fingerprint density at radius 3 is 2.72 bits per heavy atom. The third kappa shape index (κ3) is 1.85. The van der Waals surface area contributed by atoms with Gasteiger partial charge in [0.25, 0.3) is 0 Å². The van der Waals surface area contributed by atoms with Crippen molar-refractivity contribution in [1.29, 1.82) is 0 Å². The molecule has 0 aromatic heterocycles. The molecule has 2 N–H and O–H groups in total.